The van der Waals surface area contributed by atoms with Crippen LogP contribution in [0.3, 0.4) is 0 Å². The van der Waals surface area contributed by atoms with Crippen LogP contribution in [0.2, 0.25) is 10.0 Å². The molecule has 0 aliphatic rings. The minimum absolute atomic E-state index is 0.510. The Labute approximate surface area is 117 Å². The maximum absolute atomic E-state index is 6.04. The molecule has 1 aromatic heterocycles. The van der Waals surface area contributed by atoms with Gasteiger partial charge in [-0.15, -0.1) is 0 Å². The van der Waals surface area contributed by atoms with E-state index in [9.17, 15) is 0 Å². The maximum Gasteiger partial charge on any atom is 0.201 e. The predicted octanol–water partition coefficient (Wildman–Crippen LogP) is 4.36. The van der Waals surface area contributed by atoms with E-state index in [1.807, 2.05) is 10.6 Å². The predicted molar refractivity (Wildman–Crippen MR) is 78.2 cm³/mol. The fourth-order valence-corrected chi connectivity index (χ4v) is 2.35. The van der Waals surface area contributed by atoms with Gasteiger partial charge in [0, 0.05) is 6.54 Å². The Morgan fingerprint density at radius 3 is 2.61 bits per heavy atom. The monoisotopic (exact) mass is 285 g/mol. The van der Waals surface area contributed by atoms with Crippen molar-refractivity contribution in [2.45, 2.75) is 33.2 Å². The Morgan fingerprint density at radius 2 is 1.94 bits per heavy atom. The molecule has 0 aliphatic carbocycles. The Hall–Kier alpha value is -0.930. The molecule has 1 heterocycles. The van der Waals surface area contributed by atoms with Gasteiger partial charge in [-0.1, -0.05) is 37.0 Å². The van der Waals surface area contributed by atoms with Gasteiger partial charge < -0.3 is 10.3 Å². The summed E-state index contributed by atoms with van der Waals surface area (Å²) in [5.74, 6) is 1.21. The van der Waals surface area contributed by atoms with E-state index in [4.69, 9.17) is 28.9 Å². The minimum atomic E-state index is 0.510. The van der Waals surface area contributed by atoms with Crippen LogP contribution >= 0.6 is 23.2 Å². The first-order valence-corrected chi connectivity index (χ1v) is 6.85. The topological polar surface area (TPSA) is 43.8 Å². The van der Waals surface area contributed by atoms with Crippen LogP contribution in [0.25, 0.3) is 11.0 Å². The fraction of sp³-hybridized carbons (Fsp3) is 0.462. The molecule has 98 valence electrons. The second-order valence-corrected chi connectivity index (χ2v) is 5.73. The molecule has 0 spiro atoms. The van der Waals surface area contributed by atoms with Gasteiger partial charge in [-0.05, 0) is 30.9 Å². The normalized spacial score (nSPS) is 11.6. The van der Waals surface area contributed by atoms with E-state index in [1.165, 1.54) is 6.42 Å². The number of hydrogen-bond donors (Lipinski definition) is 1. The standard InChI is InChI=1S/C13H17Cl2N3/c1-8(2)4-3-5-18-12-7-10(15)9(14)6-11(12)17-13(18)16/h6-8H,3-5H2,1-2H3,(H2,16,17). The average Bonchev–Trinajstić information content (AvgIpc) is 2.56. The van der Waals surface area contributed by atoms with Crippen LogP contribution < -0.4 is 5.73 Å². The van der Waals surface area contributed by atoms with Crippen LogP contribution in [0.4, 0.5) is 5.95 Å². The lowest BCUT2D eigenvalue weighted by molar-refractivity contribution is 0.519. The molecule has 0 unspecified atom stereocenters. The van der Waals surface area contributed by atoms with Crippen LogP contribution in [0, 0.1) is 5.92 Å². The number of anilines is 1. The van der Waals surface area contributed by atoms with E-state index < -0.39 is 0 Å². The number of nitrogen functional groups attached to an aromatic ring is 1. The number of rotatable bonds is 4. The van der Waals surface area contributed by atoms with Crippen molar-refractivity contribution in [2.24, 2.45) is 5.92 Å². The largest absolute Gasteiger partial charge is 0.369 e. The van der Waals surface area contributed by atoms with E-state index in [0.717, 1.165) is 24.0 Å². The number of hydrogen-bond acceptors (Lipinski definition) is 2. The molecular formula is C13H17Cl2N3. The highest BCUT2D eigenvalue weighted by Crippen LogP contribution is 2.29. The SMILES string of the molecule is CC(C)CCCn1c(N)nc2cc(Cl)c(Cl)cc21. The quantitative estimate of drug-likeness (QED) is 0.907. The zero-order valence-corrected chi connectivity index (χ0v) is 12.1. The van der Waals surface area contributed by atoms with E-state index in [-0.39, 0.29) is 0 Å². The van der Waals surface area contributed by atoms with Crippen molar-refractivity contribution in [3.8, 4) is 0 Å². The van der Waals surface area contributed by atoms with Gasteiger partial charge in [0.15, 0.2) is 0 Å². The second kappa shape index (κ2) is 5.37. The molecule has 2 N–H and O–H groups in total. The van der Waals surface area contributed by atoms with Crippen molar-refractivity contribution in [3.63, 3.8) is 0 Å². The van der Waals surface area contributed by atoms with Crippen LogP contribution in [0.5, 0.6) is 0 Å². The zero-order chi connectivity index (χ0) is 13.3. The number of aromatic nitrogens is 2. The van der Waals surface area contributed by atoms with Gasteiger partial charge in [0.25, 0.3) is 0 Å². The molecule has 3 nitrogen and oxygen atoms in total. The Balaban J connectivity index is 2.31. The number of halogens is 2. The molecule has 0 saturated carbocycles. The van der Waals surface area contributed by atoms with Crippen LogP contribution in [-0.2, 0) is 6.54 Å². The number of nitrogens with zero attached hydrogens (tertiary/aromatic N) is 2. The molecule has 0 amide bonds. The summed E-state index contributed by atoms with van der Waals surface area (Å²) in [6.07, 6.45) is 2.24. The first-order valence-electron chi connectivity index (χ1n) is 6.09. The second-order valence-electron chi connectivity index (χ2n) is 4.91. The highest BCUT2D eigenvalue weighted by molar-refractivity contribution is 6.42. The molecule has 0 saturated heterocycles. The lowest BCUT2D eigenvalue weighted by atomic mass is 10.1. The van der Waals surface area contributed by atoms with Gasteiger partial charge in [-0.3, -0.25) is 0 Å². The molecule has 0 atom stereocenters. The summed E-state index contributed by atoms with van der Waals surface area (Å²) in [6.45, 7) is 5.29. The Kier molecular flexibility index (Phi) is 4.03. The average molecular weight is 286 g/mol. The summed E-state index contributed by atoms with van der Waals surface area (Å²) in [5.41, 5.74) is 7.68. The Bertz CT molecular complexity index is 561. The molecule has 2 rings (SSSR count). The van der Waals surface area contributed by atoms with Crippen molar-refractivity contribution in [2.75, 3.05) is 5.73 Å². The van der Waals surface area contributed by atoms with Gasteiger partial charge in [-0.25, -0.2) is 4.98 Å². The van der Waals surface area contributed by atoms with E-state index in [1.54, 1.807) is 6.07 Å². The summed E-state index contributed by atoms with van der Waals surface area (Å²) in [6, 6.07) is 3.59. The molecule has 0 aliphatic heterocycles. The minimum Gasteiger partial charge on any atom is -0.369 e. The molecule has 0 bridgehead atoms. The van der Waals surface area contributed by atoms with Gasteiger partial charge in [-0.2, -0.15) is 0 Å². The Morgan fingerprint density at radius 1 is 1.28 bits per heavy atom. The number of fused-ring (bicyclic) bond motifs is 1. The summed E-state index contributed by atoms with van der Waals surface area (Å²) in [5, 5.41) is 1.05. The fourth-order valence-electron chi connectivity index (χ4n) is 2.03. The van der Waals surface area contributed by atoms with Crippen molar-refractivity contribution in [3.05, 3.63) is 22.2 Å². The van der Waals surface area contributed by atoms with Crippen LogP contribution in [-0.4, -0.2) is 9.55 Å². The lowest BCUT2D eigenvalue weighted by Crippen LogP contribution is -2.04. The van der Waals surface area contributed by atoms with Crippen LogP contribution in [0.15, 0.2) is 12.1 Å². The summed E-state index contributed by atoms with van der Waals surface area (Å²) in [4.78, 5) is 4.31. The zero-order valence-electron chi connectivity index (χ0n) is 10.6. The highest BCUT2D eigenvalue weighted by Gasteiger charge is 2.10. The third-order valence-electron chi connectivity index (χ3n) is 2.98. The first-order chi connectivity index (χ1) is 8.49. The molecule has 18 heavy (non-hydrogen) atoms. The number of imidazole rings is 1. The lowest BCUT2D eigenvalue weighted by Gasteiger charge is -2.08. The summed E-state index contributed by atoms with van der Waals surface area (Å²) in [7, 11) is 0. The third-order valence-corrected chi connectivity index (χ3v) is 3.71. The van der Waals surface area contributed by atoms with Crippen molar-refractivity contribution in [1.82, 2.24) is 9.55 Å². The van der Waals surface area contributed by atoms with Gasteiger partial charge in [0.2, 0.25) is 5.95 Å². The van der Waals surface area contributed by atoms with Crippen LogP contribution in [0.1, 0.15) is 26.7 Å². The van der Waals surface area contributed by atoms with Crippen molar-refractivity contribution in [1.29, 1.82) is 0 Å². The van der Waals surface area contributed by atoms with Gasteiger partial charge in [0.1, 0.15) is 0 Å². The number of nitrogens with two attached hydrogens (primary N) is 1. The number of aryl methyl sites for hydroxylation is 1. The number of benzene rings is 1. The van der Waals surface area contributed by atoms with Gasteiger partial charge in [0.05, 0.1) is 21.1 Å². The molecule has 0 radical (unpaired) electrons. The van der Waals surface area contributed by atoms with E-state index in [2.05, 4.69) is 18.8 Å². The van der Waals surface area contributed by atoms with E-state index >= 15 is 0 Å². The van der Waals surface area contributed by atoms with Crippen molar-refractivity contribution < 1.29 is 0 Å². The summed E-state index contributed by atoms with van der Waals surface area (Å²) < 4.78 is 2.00. The third kappa shape index (κ3) is 2.73. The molecule has 0 fully saturated rings. The smallest absolute Gasteiger partial charge is 0.201 e. The molecule has 1 aromatic carbocycles. The highest BCUT2D eigenvalue weighted by atomic mass is 35.5. The maximum atomic E-state index is 6.04. The van der Waals surface area contributed by atoms with Crippen molar-refractivity contribution >= 4 is 40.2 Å². The molecule has 2 aromatic rings. The summed E-state index contributed by atoms with van der Waals surface area (Å²) >= 11 is 12.0. The molecule has 5 heteroatoms. The first kappa shape index (κ1) is 13.5. The van der Waals surface area contributed by atoms with Gasteiger partial charge >= 0.3 is 0 Å². The van der Waals surface area contributed by atoms with E-state index in [0.29, 0.717) is 21.9 Å². The molecular weight excluding hydrogens is 269 g/mol.